The number of carbonyl (C=O) groups excluding carboxylic acids is 1. The van der Waals surface area contributed by atoms with E-state index in [0.29, 0.717) is 18.0 Å². The van der Waals surface area contributed by atoms with E-state index in [4.69, 9.17) is 10.5 Å². The molecule has 20 heavy (non-hydrogen) atoms. The highest BCUT2D eigenvalue weighted by molar-refractivity contribution is 5.83. The minimum absolute atomic E-state index is 0.0395. The number of carbonyl (C=O) groups is 1. The lowest BCUT2D eigenvalue weighted by molar-refractivity contribution is -0.384. The zero-order valence-electron chi connectivity index (χ0n) is 11.8. The van der Waals surface area contributed by atoms with Crippen LogP contribution in [0.5, 0.6) is 5.75 Å². The first-order valence-corrected chi connectivity index (χ1v) is 6.33. The van der Waals surface area contributed by atoms with Crippen molar-refractivity contribution in [2.24, 2.45) is 11.7 Å². The number of nitro groups is 1. The highest BCUT2D eigenvalue weighted by Gasteiger charge is 2.20. The summed E-state index contributed by atoms with van der Waals surface area (Å²) in [6.07, 6.45) is 0. The summed E-state index contributed by atoms with van der Waals surface area (Å²) in [4.78, 5) is 21.8. The molecule has 0 bridgehead atoms. The Balaban J connectivity index is 3.09. The van der Waals surface area contributed by atoms with Gasteiger partial charge in [-0.15, -0.1) is 0 Å². The highest BCUT2D eigenvalue weighted by atomic mass is 16.6. The van der Waals surface area contributed by atoms with Crippen molar-refractivity contribution in [2.75, 3.05) is 11.9 Å². The topological polar surface area (TPSA) is 107 Å². The molecule has 3 N–H and O–H groups in total. The van der Waals surface area contributed by atoms with Gasteiger partial charge in [0, 0.05) is 17.8 Å². The van der Waals surface area contributed by atoms with Crippen LogP contribution in [0.15, 0.2) is 18.2 Å². The van der Waals surface area contributed by atoms with Crippen molar-refractivity contribution in [3.63, 3.8) is 0 Å². The van der Waals surface area contributed by atoms with Crippen LogP contribution in [0.4, 0.5) is 11.4 Å². The molecule has 0 aliphatic carbocycles. The van der Waals surface area contributed by atoms with Gasteiger partial charge in [-0.1, -0.05) is 13.8 Å². The maximum atomic E-state index is 11.4. The molecule has 0 saturated heterocycles. The zero-order valence-corrected chi connectivity index (χ0v) is 11.8. The van der Waals surface area contributed by atoms with Gasteiger partial charge in [-0.25, -0.2) is 0 Å². The SMILES string of the molecule is CCOc1cc(NC(C(N)=O)C(C)C)cc([N+](=O)[O-])c1. The van der Waals surface area contributed by atoms with Crippen molar-refractivity contribution in [3.8, 4) is 5.75 Å². The molecule has 0 aliphatic heterocycles. The minimum Gasteiger partial charge on any atom is -0.494 e. The summed E-state index contributed by atoms with van der Waals surface area (Å²) < 4.78 is 5.28. The van der Waals surface area contributed by atoms with Crippen LogP contribution >= 0.6 is 0 Å². The maximum absolute atomic E-state index is 11.4. The van der Waals surface area contributed by atoms with Gasteiger partial charge in [0.05, 0.1) is 17.6 Å². The van der Waals surface area contributed by atoms with Crippen molar-refractivity contribution in [3.05, 3.63) is 28.3 Å². The lowest BCUT2D eigenvalue weighted by Crippen LogP contribution is -2.39. The van der Waals surface area contributed by atoms with E-state index in [-0.39, 0.29) is 11.6 Å². The molecule has 110 valence electrons. The van der Waals surface area contributed by atoms with Crippen LogP contribution in [0.2, 0.25) is 0 Å². The van der Waals surface area contributed by atoms with E-state index in [2.05, 4.69) is 5.32 Å². The Labute approximate surface area is 117 Å². The second-order valence-electron chi connectivity index (χ2n) is 4.67. The maximum Gasteiger partial charge on any atom is 0.275 e. The van der Waals surface area contributed by atoms with Crippen LogP contribution in [-0.4, -0.2) is 23.5 Å². The standard InChI is InChI=1S/C13H19N3O4/c1-4-20-11-6-9(5-10(7-11)16(18)19)15-12(8(2)3)13(14)17/h5-8,12,15H,4H2,1-3H3,(H2,14,17). The number of hydrogen-bond donors (Lipinski definition) is 2. The predicted octanol–water partition coefficient (Wildman–Crippen LogP) is 1.92. The molecular weight excluding hydrogens is 262 g/mol. The average molecular weight is 281 g/mol. The van der Waals surface area contributed by atoms with Gasteiger partial charge in [-0.05, 0) is 12.8 Å². The summed E-state index contributed by atoms with van der Waals surface area (Å²) in [6.45, 7) is 5.85. The number of nitrogens with two attached hydrogens (primary N) is 1. The molecule has 0 aliphatic rings. The molecule has 7 nitrogen and oxygen atoms in total. The summed E-state index contributed by atoms with van der Waals surface area (Å²) in [6, 6.07) is 3.69. The fourth-order valence-electron chi connectivity index (χ4n) is 1.77. The van der Waals surface area contributed by atoms with E-state index in [1.54, 1.807) is 13.0 Å². The van der Waals surface area contributed by atoms with Gasteiger partial charge in [0.1, 0.15) is 11.8 Å². The third-order valence-corrected chi connectivity index (χ3v) is 2.71. The summed E-state index contributed by atoms with van der Waals surface area (Å²) in [5.74, 6) is -0.178. The van der Waals surface area contributed by atoms with Crippen LogP contribution < -0.4 is 15.8 Å². The number of non-ortho nitro benzene ring substituents is 1. The number of hydrogen-bond acceptors (Lipinski definition) is 5. The normalized spacial score (nSPS) is 12.0. The van der Waals surface area contributed by atoms with Crippen LogP contribution in [0.1, 0.15) is 20.8 Å². The van der Waals surface area contributed by atoms with Gasteiger partial charge in [-0.3, -0.25) is 14.9 Å². The first kappa shape index (κ1) is 15.7. The van der Waals surface area contributed by atoms with Gasteiger partial charge >= 0.3 is 0 Å². The Hall–Kier alpha value is -2.31. The molecule has 1 unspecified atom stereocenters. The average Bonchev–Trinajstić information content (AvgIpc) is 2.35. The lowest BCUT2D eigenvalue weighted by atomic mass is 10.0. The molecule has 7 heteroatoms. The Morgan fingerprint density at radius 3 is 2.55 bits per heavy atom. The highest BCUT2D eigenvalue weighted by Crippen LogP contribution is 2.27. The van der Waals surface area contributed by atoms with Crippen molar-refractivity contribution < 1.29 is 14.5 Å². The summed E-state index contributed by atoms with van der Waals surface area (Å²) in [7, 11) is 0. The molecule has 1 aromatic rings. The fourth-order valence-corrected chi connectivity index (χ4v) is 1.77. The molecular formula is C13H19N3O4. The zero-order chi connectivity index (χ0) is 15.3. The number of nitro benzene ring substituents is 1. The van der Waals surface area contributed by atoms with Crippen molar-refractivity contribution >= 4 is 17.3 Å². The van der Waals surface area contributed by atoms with Gasteiger partial charge in [0.2, 0.25) is 5.91 Å². The Morgan fingerprint density at radius 1 is 1.45 bits per heavy atom. The quantitative estimate of drug-likeness (QED) is 0.586. The number of benzene rings is 1. The number of nitrogens with zero attached hydrogens (tertiary/aromatic N) is 1. The largest absolute Gasteiger partial charge is 0.494 e. The van der Waals surface area contributed by atoms with Crippen molar-refractivity contribution in [2.45, 2.75) is 26.8 Å². The van der Waals surface area contributed by atoms with Crippen LogP contribution in [0, 0.1) is 16.0 Å². The first-order valence-electron chi connectivity index (χ1n) is 6.33. The Morgan fingerprint density at radius 2 is 2.10 bits per heavy atom. The first-order chi connectivity index (χ1) is 9.35. The lowest BCUT2D eigenvalue weighted by Gasteiger charge is -2.20. The van der Waals surface area contributed by atoms with Crippen molar-refractivity contribution in [1.82, 2.24) is 0 Å². The molecule has 0 fully saturated rings. The molecule has 0 aromatic heterocycles. The smallest absolute Gasteiger partial charge is 0.275 e. The number of rotatable bonds is 7. The molecule has 1 aromatic carbocycles. The minimum atomic E-state index is -0.605. The molecule has 1 amide bonds. The van der Waals surface area contributed by atoms with Gasteiger partial charge in [0.25, 0.3) is 5.69 Å². The fraction of sp³-hybridized carbons (Fsp3) is 0.462. The number of ether oxygens (including phenoxy) is 1. The number of nitrogens with one attached hydrogen (secondary N) is 1. The third-order valence-electron chi connectivity index (χ3n) is 2.71. The van der Waals surface area contributed by atoms with E-state index < -0.39 is 16.9 Å². The van der Waals surface area contributed by atoms with E-state index in [9.17, 15) is 14.9 Å². The van der Waals surface area contributed by atoms with Gasteiger partial charge in [0.15, 0.2) is 0 Å². The molecule has 1 rings (SSSR count). The predicted molar refractivity (Wildman–Crippen MR) is 75.7 cm³/mol. The van der Waals surface area contributed by atoms with Crippen molar-refractivity contribution in [1.29, 1.82) is 0 Å². The number of primary amides is 1. The summed E-state index contributed by atoms with van der Waals surface area (Å²) in [5.41, 5.74) is 5.64. The molecule has 0 heterocycles. The van der Waals surface area contributed by atoms with E-state index in [0.717, 1.165) is 0 Å². The van der Waals surface area contributed by atoms with Gasteiger partial charge < -0.3 is 15.8 Å². The number of anilines is 1. The van der Waals surface area contributed by atoms with E-state index in [1.807, 2.05) is 13.8 Å². The van der Waals surface area contributed by atoms with Crippen LogP contribution in [0.25, 0.3) is 0 Å². The second-order valence-corrected chi connectivity index (χ2v) is 4.67. The second kappa shape index (κ2) is 6.74. The van der Waals surface area contributed by atoms with E-state index >= 15 is 0 Å². The molecule has 0 saturated carbocycles. The Kier molecular flexibility index (Phi) is 5.31. The summed E-state index contributed by atoms with van der Waals surface area (Å²) in [5, 5.41) is 13.8. The monoisotopic (exact) mass is 281 g/mol. The van der Waals surface area contributed by atoms with E-state index in [1.165, 1.54) is 12.1 Å². The summed E-state index contributed by atoms with van der Waals surface area (Å²) >= 11 is 0. The molecule has 0 radical (unpaired) electrons. The molecule has 0 spiro atoms. The number of amides is 1. The molecule has 1 atom stereocenters. The van der Waals surface area contributed by atoms with Crippen LogP contribution in [0.3, 0.4) is 0 Å². The Bertz CT molecular complexity index is 502. The van der Waals surface area contributed by atoms with Gasteiger partial charge in [-0.2, -0.15) is 0 Å². The van der Waals surface area contributed by atoms with Crippen LogP contribution in [-0.2, 0) is 4.79 Å². The third kappa shape index (κ3) is 4.11.